The Hall–Kier alpha value is -1.27. The van der Waals surface area contributed by atoms with Gasteiger partial charge in [-0.1, -0.05) is 11.6 Å². The number of hydrogen-bond donors (Lipinski definition) is 3. The summed E-state index contributed by atoms with van der Waals surface area (Å²) in [6.45, 7) is 3.47. The molecule has 0 radical (unpaired) electrons. The Morgan fingerprint density at radius 2 is 2.11 bits per heavy atom. The third-order valence-electron chi connectivity index (χ3n) is 2.35. The molecule has 7 heteroatoms. The average molecular weight is 350 g/mol. The minimum absolute atomic E-state index is 0.136. The van der Waals surface area contributed by atoms with Gasteiger partial charge in [0.05, 0.1) is 12.1 Å². The van der Waals surface area contributed by atoms with Crippen molar-refractivity contribution in [1.29, 1.82) is 0 Å². The summed E-state index contributed by atoms with van der Waals surface area (Å²) >= 11 is 9.29. The highest BCUT2D eigenvalue weighted by atomic mass is 79.9. The Morgan fingerprint density at radius 3 is 2.68 bits per heavy atom. The quantitative estimate of drug-likeness (QED) is 0.779. The van der Waals surface area contributed by atoms with Crippen molar-refractivity contribution in [1.82, 2.24) is 5.32 Å². The molecule has 0 bridgehead atoms. The largest absolute Gasteiger partial charge is 0.481 e. The lowest BCUT2D eigenvalue weighted by molar-refractivity contribution is -0.137. The molecule has 104 valence electrons. The van der Waals surface area contributed by atoms with Crippen molar-refractivity contribution in [3.8, 4) is 0 Å². The van der Waals surface area contributed by atoms with E-state index in [9.17, 15) is 9.59 Å². The van der Waals surface area contributed by atoms with Gasteiger partial charge in [0.2, 0.25) is 0 Å². The van der Waals surface area contributed by atoms with Crippen molar-refractivity contribution < 1.29 is 14.7 Å². The van der Waals surface area contributed by atoms with Gasteiger partial charge in [-0.05, 0) is 47.5 Å². The zero-order valence-electron chi connectivity index (χ0n) is 10.5. The maximum Gasteiger partial charge on any atom is 0.319 e. The lowest BCUT2D eigenvalue weighted by Crippen LogP contribution is -2.37. The second-order valence-electron chi connectivity index (χ2n) is 4.18. The number of benzene rings is 1. The highest BCUT2D eigenvalue weighted by molar-refractivity contribution is 9.10. The van der Waals surface area contributed by atoms with Crippen LogP contribution >= 0.6 is 27.5 Å². The van der Waals surface area contributed by atoms with Crippen LogP contribution in [0.4, 0.5) is 10.5 Å². The molecule has 1 aromatic carbocycles. The van der Waals surface area contributed by atoms with Gasteiger partial charge in [0.25, 0.3) is 0 Å². The SMILES string of the molecule is Cc1cc(Br)c(NC(=O)NC(C)CC(=O)O)cc1Cl. The first-order valence-electron chi connectivity index (χ1n) is 5.54. The molecule has 1 aromatic rings. The first-order chi connectivity index (χ1) is 8.79. The van der Waals surface area contributed by atoms with Crippen molar-refractivity contribution in [3.63, 3.8) is 0 Å². The Labute approximate surface area is 124 Å². The van der Waals surface area contributed by atoms with E-state index in [0.29, 0.717) is 15.2 Å². The summed E-state index contributed by atoms with van der Waals surface area (Å²) in [5.41, 5.74) is 1.41. The Balaban J connectivity index is 2.67. The standard InChI is InChI=1S/C12H14BrClN2O3/c1-6-3-8(13)10(5-9(6)14)16-12(19)15-7(2)4-11(17)18/h3,5,7H,4H2,1-2H3,(H,17,18)(H2,15,16,19). The van der Waals surface area contributed by atoms with E-state index in [0.717, 1.165) is 5.56 Å². The van der Waals surface area contributed by atoms with Crippen LogP contribution in [0.15, 0.2) is 16.6 Å². The van der Waals surface area contributed by atoms with Crippen LogP contribution in [0.3, 0.4) is 0 Å². The van der Waals surface area contributed by atoms with E-state index in [2.05, 4.69) is 26.6 Å². The number of aryl methyl sites for hydroxylation is 1. The number of carbonyl (C=O) groups excluding carboxylic acids is 1. The number of carbonyl (C=O) groups is 2. The molecule has 0 heterocycles. The van der Waals surface area contributed by atoms with Gasteiger partial charge < -0.3 is 15.7 Å². The third-order valence-corrected chi connectivity index (χ3v) is 3.42. The lowest BCUT2D eigenvalue weighted by Gasteiger charge is -2.14. The molecule has 1 atom stereocenters. The van der Waals surface area contributed by atoms with Gasteiger partial charge in [-0.2, -0.15) is 0 Å². The molecule has 0 saturated heterocycles. The Morgan fingerprint density at radius 1 is 1.47 bits per heavy atom. The number of halogens is 2. The van der Waals surface area contributed by atoms with Crippen molar-refractivity contribution in [2.45, 2.75) is 26.3 Å². The predicted octanol–water partition coefficient (Wildman–Crippen LogP) is 3.40. The van der Waals surface area contributed by atoms with Crippen molar-refractivity contribution in [2.75, 3.05) is 5.32 Å². The number of rotatable bonds is 4. The molecule has 0 aromatic heterocycles. The predicted molar refractivity (Wildman–Crippen MR) is 77.8 cm³/mol. The fourth-order valence-corrected chi connectivity index (χ4v) is 2.16. The summed E-state index contributed by atoms with van der Waals surface area (Å²) in [7, 11) is 0. The molecule has 0 aliphatic carbocycles. The normalized spacial score (nSPS) is 11.8. The number of nitrogens with one attached hydrogen (secondary N) is 2. The van der Waals surface area contributed by atoms with E-state index in [1.165, 1.54) is 0 Å². The molecule has 1 unspecified atom stereocenters. The number of aliphatic carboxylic acids is 1. The number of amides is 2. The van der Waals surface area contributed by atoms with Crippen LogP contribution in [0.25, 0.3) is 0 Å². The molecule has 0 aliphatic rings. The van der Waals surface area contributed by atoms with E-state index in [4.69, 9.17) is 16.7 Å². The fourth-order valence-electron chi connectivity index (χ4n) is 1.44. The van der Waals surface area contributed by atoms with Crippen LogP contribution < -0.4 is 10.6 Å². The van der Waals surface area contributed by atoms with E-state index >= 15 is 0 Å². The molecule has 3 N–H and O–H groups in total. The Bertz CT molecular complexity index is 508. The summed E-state index contributed by atoms with van der Waals surface area (Å²) in [4.78, 5) is 22.2. The molecule has 1 rings (SSSR count). The molecule has 0 saturated carbocycles. The fraction of sp³-hybridized carbons (Fsp3) is 0.333. The first kappa shape index (κ1) is 15.8. The average Bonchev–Trinajstić information content (AvgIpc) is 2.24. The monoisotopic (exact) mass is 348 g/mol. The summed E-state index contributed by atoms with van der Waals surface area (Å²) in [6.07, 6.45) is -0.136. The molecule has 0 fully saturated rings. The summed E-state index contributed by atoms with van der Waals surface area (Å²) in [5.74, 6) is -0.965. The smallest absolute Gasteiger partial charge is 0.319 e. The lowest BCUT2D eigenvalue weighted by atomic mass is 10.2. The van der Waals surface area contributed by atoms with Gasteiger partial charge in [-0.25, -0.2) is 4.79 Å². The van der Waals surface area contributed by atoms with Crippen molar-refractivity contribution in [2.24, 2.45) is 0 Å². The summed E-state index contributed by atoms with van der Waals surface area (Å²) in [6, 6.07) is 2.48. The summed E-state index contributed by atoms with van der Waals surface area (Å²) < 4.78 is 0.704. The van der Waals surface area contributed by atoms with Gasteiger partial charge in [-0.3, -0.25) is 4.79 Å². The zero-order chi connectivity index (χ0) is 14.6. The maximum absolute atomic E-state index is 11.7. The van der Waals surface area contributed by atoms with E-state index < -0.39 is 18.0 Å². The maximum atomic E-state index is 11.7. The number of hydrogen-bond acceptors (Lipinski definition) is 2. The topological polar surface area (TPSA) is 78.4 Å². The van der Waals surface area contributed by atoms with Gasteiger partial charge in [0.15, 0.2) is 0 Å². The van der Waals surface area contributed by atoms with Crippen LogP contribution in [0, 0.1) is 6.92 Å². The van der Waals surface area contributed by atoms with Crippen LogP contribution in [0.2, 0.25) is 5.02 Å². The van der Waals surface area contributed by atoms with Gasteiger partial charge in [0.1, 0.15) is 0 Å². The van der Waals surface area contributed by atoms with Crippen LogP contribution in [-0.2, 0) is 4.79 Å². The molecule has 19 heavy (non-hydrogen) atoms. The highest BCUT2D eigenvalue weighted by Gasteiger charge is 2.12. The second kappa shape index (κ2) is 6.77. The van der Waals surface area contributed by atoms with Crippen LogP contribution in [0.5, 0.6) is 0 Å². The van der Waals surface area contributed by atoms with E-state index in [1.54, 1.807) is 19.1 Å². The van der Waals surface area contributed by atoms with Crippen molar-refractivity contribution in [3.05, 3.63) is 27.2 Å². The number of carboxylic acid groups (broad SMARTS) is 1. The van der Waals surface area contributed by atoms with Crippen LogP contribution in [0.1, 0.15) is 18.9 Å². The van der Waals surface area contributed by atoms with Gasteiger partial charge >= 0.3 is 12.0 Å². The molecular weight excluding hydrogens is 336 g/mol. The third kappa shape index (κ3) is 5.08. The second-order valence-corrected chi connectivity index (χ2v) is 5.44. The van der Waals surface area contributed by atoms with Crippen molar-refractivity contribution >= 4 is 45.2 Å². The first-order valence-corrected chi connectivity index (χ1v) is 6.71. The number of urea groups is 1. The molecule has 0 aliphatic heterocycles. The van der Waals surface area contributed by atoms with Gasteiger partial charge in [-0.15, -0.1) is 0 Å². The number of anilines is 1. The number of carboxylic acids is 1. The zero-order valence-corrected chi connectivity index (χ0v) is 12.8. The van der Waals surface area contributed by atoms with Gasteiger partial charge in [0, 0.05) is 15.5 Å². The highest BCUT2D eigenvalue weighted by Crippen LogP contribution is 2.29. The summed E-state index contributed by atoms with van der Waals surface area (Å²) in [5, 5.41) is 14.3. The molecule has 0 spiro atoms. The molecule has 2 amide bonds. The minimum Gasteiger partial charge on any atom is -0.481 e. The molecular formula is C12H14BrClN2O3. The minimum atomic E-state index is -0.965. The van der Waals surface area contributed by atoms with Crippen LogP contribution in [-0.4, -0.2) is 23.1 Å². The van der Waals surface area contributed by atoms with E-state index in [1.807, 2.05) is 6.92 Å². The molecule has 5 nitrogen and oxygen atoms in total. The van der Waals surface area contributed by atoms with E-state index in [-0.39, 0.29) is 6.42 Å². The Kier molecular flexibility index (Phi) is 5.62.